The van der Waals surface area contributed by atoms with Crippen LogP contribution in [-0.2, 0) is 9.84 Å². The van der Waals surface area contributed by atoms with E-state index < -0.39 is 9.84 Å². The Balaban J connectivity index is 2.51. The van der Waals surface area contributed by atoms with E-state index in [0.29, 0.717) is 4.60 Å². The number of hydrogen-bond donors (Lipinski definition) is 1. The maximum atomic E-state index is 11.6. The summed E-state index contributed by atoms with van der Waals surface area (Å²) in [5.41, 5.74) is 0.258. The van der Waals surface area contributed by atoms with Gasteiger partial charge in [-0.1, -0.05) is 13.0 Å². The molecule has 1 heterocycles. The third-order valence-electron chi connectivity index (χ3n) is 2.09. The first-order valence-corrected chi connectivity index (χ1v) is 7.67. The summed E-state index contributed by atoms with van der Waals surface area (Å²) >= 11 is 3.15. The molecule has 0 spiro atoms. The number of nitrogens with zero attached hydrogens (tertiary/aromatic N) is 1. The molecule has 94 valence electrons. The molecule has 0 radical (unpaired) electrons. The summed E-state index contributed by atoms with van der Waals surface area (Å²) in [5, 5.41) is 2.52. The lowest BCUT2D eigenvalue weighted by Crippen LogP contribution is -2.30. The van der Waals surface area contributed by atoms with Gasteiger partial charge in [0.05, 0.1) is 5.75 Å². The maximum Gasteiger partial charge on any atom is 0.269 e. The van der Waals surface area contributed by atoms with Crippen molar-refractivity contribution in [2.45, 2.75) is 6.92 Å². The Hall–Kier alpha value is -0.950. The van der Waals surface area contributed by atoms with Gasteiger partial charge in [-0.15, -0.1) is 0 Å². The third-order valence-corrected chi connectivity index (χ3v) is 4.23. The Morgan fingerprint density at radius 1 is 1.47 bits per heavy atom. The van der Waals surface area contributed by atoms with Gasteiger partial charge in [0, 0.05) is 12.3 Å². The van der Waals surface area contributed by atoms with Crippen molar-refractivity contribution >= 4 is 31.7 Å². The van der Waals surface area contributed by atoms with Crippen molar-refractivity contribution in [1.29, 1.82) is 0 Å². The first-order chi connectivity index (χ1) is 7.94. The average Bonchev–Trinajstić information content (AvgIpc) is 2.28. The fourth-order valence-corrected chi connectivity index (χ4v) is 2.14. The molecular weight excluding hydrogens is 308 g/mol. The summed E-state index contributed by atoms with van der Waals surface area (Å²) in [4.78, 5) is 15.5. The number of aromatic nitrogens is 1. The summed E-state index contributed by atoms with van der Waals surface area (Å²) in [6, 6.07) is 4.96. The van der Waals surface area contributed by atoms with Gasteiger partial charge < -0.3 is 5.32 Å². The molecule has 1 aromatic rings. The summed E-state index contributed by atoms with van der Waals surface area (Å²) in [7, 11) is -3.05. The molecule has 1 rings (SSSR count). The zero-order valence-corrected chi connectivity index (χ0v) is 11.7. The van der Waals surface area contributed by atoms with E-state index >= 15 is 0 Å². The number of sulfone groups is 1. The average molecular weight is 321 g/mol. The minimum Gasteiger partial charge on any atom is -0.350 e. The highest BCUT2D eigenvalue weighted by molar-refractivity contribution is 9.10. The van der Waals surface area contributed by atoms with Crippen molar-refractivity contribution < 1.29 is 13.2 Å². The quantitative estimate of drug-likeness (QED) is 0.821. The Bertz CT molecular complexity index is 502. The molecule has 0 unspecified atom stereocenters. The fraction of sp³-hybridized carbons (Fsp3) is 0.400. The monoisotopic (exact) mass is 320 g/mol. The second kappa shape index (κ2) is 6.11. The van der Waals surface area contributed by atoms with E-state index in [0.717, 1.165) is 0 Å². The summed E-state index contributed by atoms with van der Waals surface area (Å²) < 4.78 is 23.0. The molecule has 5 nitrogen and oxygen atoms in total. The van der Waals surface area contributed by atoms with Gasteiger partial charge in [-0.3, -0.25) is 4.79 Å². The molecule has 1 amide bonds. The normalized spacial score (nSPS) is 11.2. The molecule has 0 bridgehead atoms. The van der Waals surface area contributed by atoms with Crippen LogP contribution in [0.5, 0.6) is 0 Å². The number of amides is 1. The summed E-state index contributed by atoms with van der Waals surface area (Å²) in [6.45, 7) is 1.68. The zero-order chi connectivity index (χ0) is 12.9. The summed E-state index contributed by atoms with van der Waals surface area (Å²) in [5.74, 6) is -0.348. The Kier molecular flexibility index (Phi) is 5.07. The van der Waals surface area contributed by atoms with Gasteiger partial charge in [-0.25, -0.2) is 13.4 Å². The minimum atomic E-state index is -3.05. The summed E-state index contributed by atoms with van der Waals surface area (Å²) in [6.07, 6.45) is 0. The van der Waals surface area contributed by atoms with Gasteiger partial charge in [0.2, 0.25) is 0 Å². The van der Waals surface area contributed by atoms with Crippen LogP contribution in [0.1, 0.15) is 17.4 Å². The Labute approximate surface area is 109 Å². The van der Waals surface area contributed by atoms with Gasteiger partial charge in [-0.05, 0) is 28.1 Å². The number of carbonyl (C=O) groups excluding carboxylic acids is 1. The number of nitrogens with one attached hydrogen (secondary N) is 1. The molecule has 0 aliphatic heterocycles. The van der Waals surface area contributed by atoms with E-state index in [1.165, 1.54) is 0 Å². The minimum absolute atomic E-state index is 0.0523. The number of halogens is 1. The number of pyridine rings is 1. The smallest absolute Gasteiger partial charge is 0.269 e. The van der Waals surface area contributed by atoms with Gasteiger partial charge in [0.1, 0.15) is 10.3 Å². The molecule has 7 heteroatoms. The van der Waals surface area contributed by atoms with Crippen LogP contribution in [0.3, 0.4) is 0 Å². The largest absolute Gasteiger partial charge is 0.350 e. The van der Waals surface area contributed by atoms with Gasteiger partial charge >= 0.3 is 0 Å². The number of hydrogen-bond acceptors (Lipinski definition) is 4. The van der Waals surface area contributed by atoms with Gasteiger partial charge in [-0.2, -0.15) is 0 Å². The van der Waals surface area contributed by atoms with Crippen molar-refractivity contribution in [2.24, 2.45) is 0 Å². The van der Waals surface area contributed by atoms with Crippen LogP contribution in [-0.4, -0.2) is 37.4 Å². The van der Waals surface area contributed by atoms with Crippen molar-refractivity contribution in [3.8, 4) is 0 Å². The first-order valence-electron chi connectivity index (χ1n) is 5.06. The second-order valence-electron chi connectivity index (χ2n) is 3.34. The lowest BCUT2D eigenvalue weighted by molar-refractivity contribution is 0.0951. The van der Waals surface area contributed by atoms with Crippen LogP contribution < -0.4 is 5.32 Å². The van der Waals surface area contributed by atoms with Crippen molar-refractivity contribution in [2.75, 3.05) is 18.1 Å². The SMILES string of the molecule is CCS(=O)(=O)CCNC(=O)c1cccc(Br)n1. The number of carbonyl (C=O) groups is 1. The maximum absolute atomic E-state index is 11.6. The van der Waals surface area contributed by atoms with Crippen molar-refractivity contribution in [1.82, 2.24) is 10.3 Å². The van der Waals surface area contributed by atoms with E-state index in [1.54, 1.807) is 25.1 Å². The molecule has 17 heavy (non-hydrogen) atoms. The standard InChI is InChI=1S/C10H13BrN2O3S/c1-2-17(15,16)7-6-12-10(14)8-4-3-5-9(11)13-8/h3-5H,2,6-7H2,1H3,(H,12,14). The third kappa shape index (κ3) is 4.82. The highest BCUT2D eigenvalue weighted by atomic mass is 79.9. The highest BCUT2D eigenvalue weighted by Gasteiger charge is 2.10. The van der Waals surface area contributed by atoms with E-state index in [-0.39, 0.29) is 29.7 Å². The highest BCUT2D eigenvalue weighted by Crippen LogP contribution is 2.05. The zero-order valence-electron chi connectivity index (χ0n) is 9.31. The first kappa shape index (κ1) is 14.1. The molecule has 0 aromatic carbocycles. The predicted molar refractivity (Wildman–Crippen MR) is 68.6 cm³/mol. The van der Waals surface area contributed by atoms with Crippen LogP contribution in [0.15, 0.2) is 22.8 Å². The van der Waals surface area contributed by atoms with Crippen LogP contribution in [0.4, 0.5) is 0 Å². The molecule has 0 atom stereocenters. The van der Waals surface area contributed by atoms with Gasteiger partial charge in [0.15, 0.2) is 9.84 Å². The van der Waals surface area contributed by atoms with E-state index in [2.05, 4.69) is 26.2 Å². The van der Waals surface area contributed by atoms with Gasteiger partial charge in [0.25, 0.3) is 5.91 Å². The van der Waals surface area contributed by atoms with Crippen LogP contribution in [0.2, 0.25) is 0 Å². The van der Waals surface area contributed by atoms with Crippen molar-refractivity contribution in [3.05, 3.63) is 28.5 Å². The predicted octanol–water partition coefficient (Wildman–Crippen LogP) is 1.01. The second-order valence-corrected chi connectivity index (χ2v) is 6.62. The lowest BCUT2D eigenvalue weighted by atomic mass is 10.3. The molecule has 0 saturated carbocycles. The molecule has 0 fully saturated rings. The van der Waals surface area contributed by atoms with Crippen molar-refractivity contribution in [3.63, 3.8) is 0 Å². The van der Waals surface area contributed by atoms with Crippen LogP contribution in [0, 0.1) is 0 Å². The molecule has 0 saturated heterocycles. The Morgan fingerprint density at radius 3 is 2.76 bits per heavy atom. The topological polar surface area (TPSA) is 76.1 Å². The molecule has 1 N–H and O–H groups in total. The van der Waals surface area contributed by atoms with E-state index in [1.807, 2.05) is 0 Å². The lowest BCUT2D eigenvalue weighted by Gasteiger charge is -2.04. The van der Waals surface area contributed by atoms with Crippen LogP contribution in [0.25, 0.3) is 0 Å². The molecule has 0 aliphatic carbocycles. The molecule has 1 aromatic heterocycles. The van der Waals surface area contributed by atoms with E-state index in [9.17, 15) is 13.2 Å². The fourth-order valence-electron chi connectivity index (χ4n) is 1.09. The van der Waals surface area contributed by atoms with E-state index in [4.69, 9.17) is 0 Å². The number of rotatable bonds is 5. The Morgan fingerprint density at radius 2 is 2.18 bits per heavy atom. The molecule has 0 aliphatic rings. The van der Waals surface area contributed by atoms with Crippen LogP contribution >= 0.6 is 15.9 Å². The molecular formula is C10H13BrN2O3S.